The van der Waals surface area contributed by atoms with Crippen molar-refractivity contribution in [3.63, 3.8) is 0 Å². The van der Waals surface area contributed by atoms with E-state index in [4.69, 9.17) is 20.0 Å². The summed E-state index contributed by atoms with van der Waals surface area (Å²) in [6, 6.07) is 36.4. The quantitative estimate of drug-likeness (QED) is 0.0757. The average Bonchev–Trinajstić information content (AvgIpc) is 3.63. The standard InChI is InChI=1S/C21H12Br2N2O.C14H6Br2O2.C7H6O2.C2H4O2.CH4/c22-12-3-7-15-17(9-12)18-10-13(23)4-8-16(18)20-19(15)24-21(25-20)11-1-5-14(26)6-2-11;15-7-1-3-9-11(5-7)12-6-8(16)2-4-10(12)14(18)13(9)17;8-5-6-1-3-7(9)4-2-6;1-2(3)4;/h1-10,26H,(H,24,25);1-6H;1-5,9H;1H3,(H,3,4);1H4. The van der Waals surface area contributed by atoms with Gasteiger partial charge in [0.2, 0.25) is 11.6 Å². The molecule has 0 atom stereocenters. The molecule has 0 spiro atoms. The van der Waals surface area contributed by atoms with Crippen LogP contribution in [0.5, 0.6) is 11.5 Å². The Hall–Kier alpha value is -5.47. The van der Waals surface area contributed by atoms with E-state index < -0.39 is 17.5 Å². The third kappa shape index (κ3) is 9.79. The highest BCUT2D eigenvalue weighted by Crippen LogP contribution is 2.39. The van der Waals surface area contributed by atoms with Gasteiger partial charge in [0.1, 0.15) is 23.6 Å². The van der Waals surface area contributed by atoms with Crippen molar-refractivity contribution >= 4 is 120 Å². The third-order valence-corrected chi connectivity index (χ3v) is 10.6. The van der Waals surface area contributed by atoms with E-state index in [9.17, 15) is 19.5 Å². The minimum absolute atomic E-state index is 0. The summed E-state index contributed by atoms with van der Waals surface area (Å²) in [6.07, 6.45) is 0.736. The van der Waals surface area contributed by atoms with Gasteiger partial charge in [-0.05, 0) is 131 Å². The first-order valence-corrected chi connectivity index (χ1v) is 20.0. The van der Waals surface area contributed by atoms with Gasteiger partial charge in [0.25, 0.3) is 5.97 Å². The number of halogens is 4. The fourth-order valence-electron chi connectivity index (χ4n) is 6.09. The van der Waals surface area contributed by atoms with Crippen LogP contribution >= 0.6 is 63.7 Å². The van der Waals surface area contributed by atoms with Crippen LogP contribution in [0.2, 0.25) is 0 Å². The number of phenols is 2. The van der Waals surface area contributed by atoms with Crippen LogP contribution in [0.25, 0.3) is 55.1 Å². The van der Waals surface area contributed by atoms with Crippen molar-refractivity contribution in [1.82, 2.24) is 9.97 Å². The molecule has 8 aromatic rings. The highest BCUT2D eigenvalue weighted by molar-refractivity contribution is 9.11. The van der Waals surface area contributed by atoms with Crippen molar-refractivity contribution in [3.05, 3.63) is 156 Å². The maximum absolute atomic E-state index is 12.0. The van der Waals surface area contributed by atoms with Crippen LogP contribution in [0.15, 0.2) is 139 Å². The topological polar surface area (TPSA) is 158 Å². The van der Waals surface area contributed by atoms with E-state index in [0.29, 0.717) is 16.7 Å². The molecular formula is C45H32Br4N2O7. The molecule has 7 aromatic carbocycles. The number of carboxylic acids is 1. The third-order valence-electron chi connectivity index (χ3n) is 8.60. The second-order valence-electron chi connectivity index (χ2n) is 12.5. The van der Waals surface area contributed by atoms with Crippen LogP contribution in [0, 0.1) is 0 Å². The van der Waals surface area contributed by atoms with Crippen LogP contribution < -0.4 is 0 Å². The minimum atomic E-state index is -0.833. The molecule has 58 heavy (non-hydrogen) atoms. The lowest BCUT2D eigenvalue weighted by atomic mass is 9.84. The number of benzene rings is 7. The lowest BCUT2D eigenvalue weighted by Crippen LogP contribution is -2.21. The van der Waals surface area contributed by atoms with Gasteiger partial charge in [-0.3, -0.25) is 19.2 Å². The highest BCUT2D eigenvalue weighted by atomic mass is 79.9. The van der Waals surface area contributed by atoms with Crippen molar-refractivity contribution in [2.24, 2.45) is 0 Å². The Morgan fingerprint density at radius 3 is 1.48 bits per heavy atom. The van der Waals surface area contributed by atoms with E-state index in [1.165, 1.54) is 17.5 Å². The van der Waals surface area contributed by atoms with E-state index in [-0.39, 0.29) is 18.9 Å². The number of H-pyrrole nitrogens is 1. The number of hydrogen-bond donors (Lipinski definition) is 4. The number of aromatic hydroxyl groups is 2. The van der Waals surface area contributed by atoms with Gasteiger partial charge in [0.05, 0.1) is 11.0 Å². The summed E-state index contributed by atoms with van der Waals surface area (Å²) in [5.74, 6) is -0.490. The van der Waals surface area contributed by atoms with Crippen LogP contribution in [-0.4, -0.2) is 49.1 Å². The van der Waals surface area contributed by atoms with Crippen molar-refractivity contribution in [2.75, 3.05) is 0 Å². The number of Topliss-reactive ketones (excluding diaryl/α,β-unsaturated/α-hetero) is 2. The van der Waals surface area contributed by atoms with Crippen molar-refractivity contribution in [1.29, 1.82) is 0 Å². The maximum Gasteiger partial charge on any atom is 0.300 e. The van der Waals surface area contributed by atoms with E-state index in [0.717, 1.165) is 80.8 Å². The number of carbonyl (C=O) groups excluding carboxylic acids is 3. The fraction of sp³-hybridized carbons (Fsp3) is 0.0444. The Morgan fingerprint density at radius 2 is 1.00 bits per heavy atom. The molecule has 9 rings (SSSR count). The number of aromatic nitrogens is 2. The smallest absolute Gasteiger partial charge is 0.300 e. The van der Waals surface area contributed by atoms with E-state index in [1.807, 2.05) is 36.4 Å². The monoisotopic (exact) mass is 1030 g/mol. The molecule has 0 saturated heterocycles. The summed E-state index contributed by atoms with van der Waals surface area (Å²) in [5, 5.41) is 30.3. The van der Waals surface area contributed by atoms with Gasteiger partial charge < -0.3 is 20.3 Å². The maximum atomic E-state index is 12.0. The fourth-order valence-corrected chi connectivity index (χ4v) is 7.54. The van der Waals surface area contributed by atoms with Crippen molar-refractivity contribution < 1.29 is 34.5 Å². The predicted octanol–water partition coefficient (Wildman–Crippen LogP) is 13.0. The summed E-state index contributed by atoms with van der Waals surface area (Å²) in [6.45, 7) is 1.08. The van der Waals surface area contributed by atoms with Crippen LogP contribution in [-0.2, 0) is 4.79 Å². The number of fused-ring (bicyclic) bond motifs is 9. The normalized spacial score (nSPS) is 11.1. The van der Waals surface area contributed by atoms with Gasteiger partial charge in [0.15, 0.2) is 0 Å². The lowest BCUT2D eigenvalue weighted by molar-refractivity contribution is -0.134. The Balaban J connectivity index is 0.000000173. The summed E-state index contributed by atoms with van der Waals surface area (Å²) in [5.41, 5.74) is 6.01. The van der Waals surface area contributed by atoms with Crippen LogP contribution in [0.1, 0.15) is 45.4 Å². The summed E-state index contributed by atoms with van der Waals surface area (Å²) in [7, 11) is 0. The highest BCUT2D eigenvalue weighted by Gasteiger charge is 2.30. The first kappa shape index (κ1) is 43.6. The van der Waals surface area contributed by atoms with Gasteiger partial charge in [0, 0.05) is 57.8 Å². The molecule has 0 aliphatic heterocycles. The number of nitrogens with zero attached hydrogens (tertiary/aromatic N) is 1. The molecule has 0 amide bonds. The number of carboxylic acid groups (broad SMARTS) is 1. The molecular weight excluding hydrogens is 1000 g/mol. The minimum Gasteiger partial charge on any atom is -0.508 e. The number of hydrogen-bond acceptors (Lipinski definition) is 7. The predicted molar refractivity (Wildman–Crippen MR) is 243 cm³/mol. The van der Waals surface area contributed by atoms with Gasteiger partial charge in [-0.25, -0.2) is 4.98 Å². The molecule has 9 nitrogen and oxygen atoms in total. The summed E-state index contributed by atoms with van der Waals surface area (Å²) >= 11 is 13.9. The lowest BCUT2D eigenvalue weighted by Gasteiger charge is -2.18. The molecule has 4 N–H and O–H groups in total. The zero-order valence-corrected chi connectivity index (χ0v) is 35.9. The molecule has 0 unspecified atom stereocenters. The zero-order chi connectivity index (χ0) is 41.0. The second kappa shape index (κ2) is 18.9. The first-order valence-electron chi connectivity index (χ1n) is 16.9. The van der Waals surface area contributed by atoms with E-state index in [2.05, 4.69) is 93.0 Å². The molecule has 1 aliphatic rings. The van der Waals surface area contributed by atoms with Gasteiger partial charge in [-0.15, -0.1) is 0 Å². The van der Waals surface area contributed by atoms with Crippen LogP contribution in [0.3, 0.4) is 0 Å². The Labute approximate surface area is 366 Å². The number of aromatic amines is 1. The molecule has 1 aliphatic carbocycles. The average molecular weight is 1030 g/mol. The van der Waals surface area contributed by atoms with Crippen LogP contribution in [0.4, 0.5) is 0 Å². The van der Waals surface area contributed by atoms with Gasteiger partial charge in [-0.2, -0.15) is 0 Å². The molecule has 0 radical (unpaired) electrons. The number of rotatable bonds is 2. The zero-order valence-electron chi connectivity index (χ0n) is 29.6. The van der Waals surface area contributed by atoms with Gasteiger partial charge in [-0.1, -0.05) is 83.3 Å². The van der Waals surface area contributed by atoms with E-state index in [1.54, 1.807) is 48.5 Å². The molecule has 1 aromatic heterocycles. The molecule has 13 heteroatoms. The Bertz CT molecular complexity index is 2710. The number of nitrogens with one attached hydrogen (secondary N) is 1. The number of aliphatic carboxylic acids is 1. The van der Waals surface area contributed by atoms with Gasteiger partial charge >= 0.3 is 0 Å². The second-order valence-corrected chi connectivity index (χ2v) is 16.2. The number of imidazole rings is 1. The summed E-state index contributed by atoms with van der Waals surface area (Å²) in [4.78, 5) is 51.4. The van der Waals surface area contributed by atoms with Crippen molar-refractivity contribution in [2.45, 2.75) is 14.4 Å². The molecule has 292 valence electrons. The molecule has 0 saturated carbocycles. The SMILES string of the molecule is C.CC(=O)O.O=C1C(=O)c2ccc(Br)cc2-c2cc(Br)ccc21.O=Cc1ccc(O)cc1.Oc1ccc(-c2nc3c4ccc(Br)cc4c4cc(Br)ccc4c3[nH]2)cc1. The van der Waals surface area contributed by atoms with E-state index >= 15 is 0 Å². The number of ketones is 2. The Kier molecular flexibility index (Phi) is 14.2. The molecule has 0 bridgehead atoms. The van der Waals surface area contributed by atoms with Crippen molar-refractivity contribution in [3.8, 4) is 34.0 Å². The number of aldehydes is 1. The number of phenolic OH excluding ortho intramolecular Hbond substituents is 2. The largest absolute Gasteiger partial charge is 0.508 e. The first-order chi connectivity index (χ1) is 27.2. The Morgan fingerprint density at radius 1 is 0.586 bits per heavy atom. The molecule has 0 fully saturated rings. The number of carbonyl (C=O) groups is 4. The summed E-state index contributed by atoms with van der Waals surface area (Å²) < 4.78 is 3.85. The molecule has 1 heterocycles.